The van der Waals surface area contributed by atoms with E-state index in [1.807, 2.05) is 6.92 Å². The van der Waals surface area contributed by atoms with Gasteiger partial charge in [0.2, 0.25) is 5.91 Å². The molecule has 0 aromatic carbocycles. The molecule has 0 bridgehead atoms. The Balaban J connectivity index is 2.25. The number of nitrogens with zero attached hydrogens (tertiary/aromatic N) is 2. The summed E-state index contributed by atoms with van der Waals surface area (Å²) in [6, 6.07) is 2.38. The molecule has 1 aromatic heterocycles. The first kappa shape index (κ1) is 20.0. The van der Waals surface area contributed by atoms with E-state index in [2.05, 4.69) is 15.5 Å². The summed E-state index contributed by atoms with van der Waals surface area (Å²) >= 11 is 1.36. The molecule has 0 saturated carbocycles. The van der Waals surface area contributed by atoms with Crippen LogP contribution in [0.3, 0.4) is 0 Å². The zero-order chi connectivity index (χ0) is 19.3. The summed E-state index contributed by atoms with van der Waals surface area (Å²) in [5.74, 6) is 0.872. The van der Waals surface area contributed by atoms with Crippen LogP contribution in [0.1, 0.15) is 45.4 Å². The number of hydrogen-bond donors (Lipinski definition) is 2. The molecule has 1 amide bonds. The van der Waals surface area contributed by atoms with Crippen molar-refractivity contribution in [3.05, 3.63) is 28.3 Å². The molecule has 0 saturated heterocycles. The molecule has 8 nitrogen and oxygen atoms in total. The van der Waals surface area contributed by atoms with E-state index in [1.165, 1.54) is 24.9 Å². The van der Waals surface area contributed by atoms with Crippen molar-refractivity contribution in [1.82, 2.24) is 5.32 Å². The van der Waals surface area contributed by atoms with Crippen LogP contribution >= 0.6 is 11.8 Å². The van der Waals surface area contributed by atoms with Crippen molar-refractivity contribution in [3.63, 3.8) is 0 Å². The van der Waals surface area contributed by atoms with Crippen molar-refractivity contribution in [2.75, 3.05) is 12.9 Å². The number of carbonyl (C=O) groups excluding carboxylic acids is 1. The van der Waals surface area contributed by atoms with Crippen molar-refractivity contribution in [3.8, 4) is 5.75 Å². The summed E-state index contributed by atoms with van der Waals surface area (Å²) in [6.07, 6.45) is 1.38. The second kappa shape index (κ2) is 8.39. The number of amides is 1. The summed E-state index contributed by atoms with van der Waals surface area (Å²) in [5, 5.41) is 15.5. The molecule has 2 rings (SSSR count). The Hall–Kier alpha value is -2.29. The summed E-state index contributed by atoms with van der Waals surface area (Å²) < 4.78 is 10.4. The Kier molecular flexibility index (Phi) is 6.47. The van der Waals surface area contributed by atoms with E-state index in [1.54, 1.807) is 19.9 Å². The highest BCUT2D eigenvalue weighted by molar-refractivity contribution is 8.16. The largest absolute Gasteiger partial charge is 0.496 e. The molecule has 0 spiro atoms. The second-order valence-electron chi connectivity index (χ2n) is 6.20. The van der Waals surface area contributed by atoms with E-state index >= 15 is 0 Å². The number of aliphatic imine (C=N–C) groups is 1. The van der Waals surface area contributed by atoms with Gasteiger partial charge in [-0.3, -0.25) is 9.79 Å². The lowest BCUT2D eigenvalue weighted by Crippen LogP contribution is -2.45. The van der Waals surface area contributed by atoms with Crippen molar-refractivity contribution in [1.29, 1.82) is 0 Å². The van der Waals surface area contributed by atoms with Crippen molar-refractivity contribution < 1.29 is 19.2 Å². The Morgan fingerprint density at radius 3 is 2.92 bits per heavy atom. The fourth-order valence-electron chi connectivity index (χ4n) is 2.49. The molecule has 1 aromatic rings. The summed E-state index contributed by atoms with van der Waals surface area (Å²) in [5.41, 5.74) is -1.15. The molecular weight excluding hydrogens is 358 g/mol. The highest BCUT2D eigenvalue weighted by atomic mass is 32.2. The molecule has 2 heterocycles. The van der Waals surface area contributed by atoms with E-state index in [0.29, 0.717) is 34.4 Å². The third-order valence-electron chi connectivity index (χ3n) is 4.01. The Morgan fingerprint density at radius 2 is 2.31 bits per heavy atom. The van der Waals surface area contributed by atoms with Crippen molar-refractivity contribution in [2.24, 2.45) is 10.1 Å². The van der Waals surface area contributed by atoms with Gasteiger partial charge in [-0.15, -0.1) is 11.8 Å². The molecule has 2 atom stereocenters. The molecular formula is C17H23N3O5S. The Morgan fingerprint density at radius 1 is 1.58 bits per heavy atom. The maximum Gasteiger partial charge on any atom is 0.339 e. The van der Waals surface area contributed by atoms with Crippen LogP contribution in [0.25, 0.3) is 0 Å². The van der Waals surface area contributed by atoms with Crippen molar-refractivity contribution >= 4 is 28.4 Å². The topological polar surface area (TPSA) is 113 Å². The molecule has 0 unspecified atom stereocenters. The number of hydrogen-bond acceptors (Lipinski definition) is 8. The van der Waals surface area contributed by atoms with Gasteiger partial charge in [-0.25, -0.2) is 4.79 Å². The van der Waals surface area contributed by atoms with Crippen LogP contribution in [-0.4, -0.2) is 40.3 Å². The van der Waals surface area contributed by atoms with Crippen molar-refractivity contribution in [2.45, 2.75) is 45.2 Å². The predicted molar refractivity (Wildman–Crippen MR) is 101 cm³/mol. The highest BCUT2D eigenvalue weighted by Gasteiger charge is 2.40. The summed E-state index contributed by atoms with van der Waals surface area (Å²) in [6.45, 7) is 5.32. The number of oxime groups is 1. The van der Waals surface area contributed by atoms with Gasteiger partial charge in [0.05, 0.1) is 19.2 Å². The summed E-state index contributed by atoms with van der Waals surface area (Å²) in [4.78, 5) is 29.0. The van der Waals surface area contributed by atoms with Gasteiger partial charge < -0.3 is 19.7 Å². The fourth-order valence-corrected chi connectivity index (χ4v) is 3.62. The predicted octanol–water partition coefficient (Wildman–Crippen LogP) is 2.36. The number of methoxy groups -OCH3 is 1. The van der Waals surface area contributed by atoms with Crippen LogP contribution in [-0.2, 0) is 4.79 Å². The van der Waals surface area contributed by atoms with Gasteiger partial charge in [0.15, 0.2) is 0 Å². The van der Waals surface area contributed by atoms with E-state index in [-0.39, 0.29) is 5.91 Å². The first-order valence-electron chi connectivity index (χ1n) is 8.24. The van der Waals surface area contributed by atoms with Gasteiger partial charge in [0, 0.05) is 11.8 Å². The third-order valence-corrected chi connectivity index (χ3v) is 5.38. The molecule has 1 aliphatic heterocycles. The average molecular weight is 381 g/mol. The van der Waals surface area contributed by atoms with Crippen LogP contribution < -0.4 is 15.7 Å². The third kappa shape index (κ3) is 4.46. The molecule has 2 N–H and O–H groups in total. The minimum atomic E-state index is -0.989. The van der Waals surface area contributed by atoms with Gasteiger partial charge in [-0.1, -0.05) is 18.5 Å². The smallest absolute Gasteiger partial charge is 0.339 e. The van der Waals surface area contributed by atoms with Gasteiger partial charge in [0.25, 0.3) is 0 Å². The first-order valence-corrected chi connectivity index (χ1v) is 9.23. The Bertz CT molecular complexity index is 789. The van der Waals surface area contributed by atoms with Gasteiger partial charge in [-0.05, 0) is 20.3 Å². The number of thioether (sulfide) groups is 1. The van der Waals surface area contributed by atoms with Crippen LogP contribution in [0.4, 0.5) is 0 Å². The van der Waals surface area contributed by atoms with Gasteiger partial charge in [-0.2, -0.15) is 0 Å². The van der Waals surface area contributed by atoms with E-state index in [0.717, 1.165) is 6.42 Å². The minimum Gasteiger partial charge on any atom is -0.496 e. The number of carbonyl (C=O) groups is 1. The number of nitrogens with one attached hydrogen (secondary N) is 1. The average Bonchev–Trinajstić information content (AvgIpc) is 3.03. The molecule has 0 aliphatic carbocycles. The molecule has 0 fully saturated rings. The van der Waals surface area contributed by atoms with E-state index < -0.39 is 17.2 Å². The lowest BCUT2D eigenvalue weighted by molar-refractivity contribution is -0.125. The van der Waals surface area contributed by atoms with Crippen LogP contribution in [0.15, 0.2) is 31.5 Å². The summed E-state index contributed by atoms with van der Waals surface area (Å²) in [7, 11) is 1.46. The lowest BCUT2D eigenvalue weighted by Gasteiger charge is -2.24. The maximum atomic E-state index is 12.8. The minimum absolute atomic E-state index is 0.283. The van der Waals surface area contributed by atoms with E-state index in [4.69, 9.17) is 14.4 Å². The standard InChI is InChI=1S/C17H23N3O5S/c1-5-6-12(13-7-11(24-4)8-14(21)25-13)18-16(22)17(3)9-26-15(19-17)10(2)20-23/h7-8,12,23H,5-6,9H2,1-4H3,(H,18,22)/b20-10+/t12-,17+/m1/s1. The SMILES string of the molecule is CCC[C@@H](NC(=O)[C@]1(C)CSC(/C(C)=N/O)=N1)c1cc(OC)cc(=O)o1. The first-order chi connectivity index (χ1) is 12.3. The maximum absolute atomic E-state index is 12.8. The van der Waals surface area contributed by atoms with Gasteiger partial charge >= 0.3 is 5.63 Å². The zero-order valence-electron chi connectivity index (χ0n) is 15.2. The number of ether oxygens (including phenoxy) is 1. The normalized spacial score (nSPS) is 21.2. The fraction of sp³-hybridized carbons (Fsp3) is 0.529. The van der Waals surface area contributed by atoms with Crippen LogP contribution in [0, 0.1) is 0 Å². The molecule has 0 radical (unpaired) electrons. The van der Waals surface area contributed by atoms with Crippen LogP contribution in [0.5, 0.6) is 5.75 Å². The van der Waals surface area contributed by atoms with Crippen LogP contribution in [0.2, 0.25) is 0 Å². The van der Waals surface area contributed by atoms with E-state index in [9.17, 15) is 9.59 Å². The Labute approximate surface area is 155 Å². The quantitative estimate of drug-likeness (QED) is 0.426. The molecule has 26 heavy (non-hydrogen) atoms. The highest BCUT2D eigenvalue weighted by Crippen LogP contribution is 2.30. The van der Waals surface area contributed by atoms with Gasteiger partial charge in [0.1, 0.15) is 27.8 Å². The number of rotatable bonds is 7. The molecule has 142 valence electrons. The second-order valence-corrected chi connectivity index (χ2v) is 7.16. The molecule has 9 heteroatoms. The molecule has 1 aliphatic rings. The monoisotopic (exact) mass is 381 g/mol. The lowest BCUT2D eigenvalue weighted by atomic mass is 10.0. The zero-order valence-corrected chi connectivity index (χ0v) is 16.1.